The average Bonchev–Trinajstić information content (AvgIpc) is 3.03. The van der Waals surface area contributed by atoms with Crippen molar-refractivity contribution in [2.45, 2.75) is 31.8 Å². The first-order chi connectivity index (χ1) is 12.4. The molecule has 7 heteroatoms. The van der Waals surface area contributed by atoms with E-state index in [0.717, 1.165) is 11.1 Å². The fraction of sp³-hybridized carbons (Fsp3) is 0.316. The summed E-state index contributed by atoms with van der Waals surface area (Å²) in [5, 5.41) is 23.1. The van der Waals surface area contributed by atoms with Crippen molar-refractivity contribution in [1.82, 2.24) is 5.32 Å². The first kappa shape index (κ1) is 18.5. The maximum Gasteiger partial charge on any atom is 0.387 e. The summed E-state index contributed by atoms with van der Waals surface area (Å²) in [5.41, 5.74) is 1.75. The summed E-state index contributed by atoms with van der Waals surface area (Å²) < 4.78 is 10.4. The van der Waals surface area contributed by atoms with Gasteiger partial charge in [0.05, 0.1) is 6.10 Å². The number of aliphatic carboxylic acids is 1. The van der Waals surface area contributed by atoms with Crippen LogP contribution in [0.5, 0.6) is 11.5 Å². The third-order valence-electron chi connectivity index (χ3n) is 4.11. The maximum absolute atomic E-state index is 10.9. The average molecular weight is 378 g/mol. The monoisotopic (exact) mass is 377 g/mol. The molecule has 6 nitrogen and oxygen atoms in total. The van der Waals surface area contributed by atoms with E-state index in [4.69, 9.17) is 26.2 Å². The van der Waals surface area contributed by atoms with Crippen LogP contribution in [0.3, 0.4) is 0 Å². The topological polar surface area (TPSA) is 88.0 Å². The number of aliphatic hydroxyl groups is 1. The molecule has 0 saturated carbocycles. The number of hydrogen-bond donors (Lipinski definition) is 3. The molecule has 0 bridgehead atoms. The number of carboxylic acid groups (broad SMARTS) is 1. The number of hydrogen-bond acceptors (Lipinski definition) is 5. The summed E-state index contributed by atoms with van der Waals surface area (Å²) in [7, 11) is 0. The van der Waals surface area contributed by atoms with E-state index in [-0.39, 0.29) is 6.04 Å². The van der Waals surface area contributed by atoms with Gasteiger partial charge in [-0.15, -0.1) is 0 Å². The molecular weight excluding hydrogens is 358 g/mol. The lowest BCUT2D eigenvalue weighted by atomic mass is 10.1. The van der Waals surface area contributed by atoms with Gasteiger partial charge in [0, 0.05) is 17.6 Å². The summed E-state index contributed by atoms with van der Waals surface area (Å²) in [4.78, 5) is 10.9. The van der Waals surface area contributed by atoms with E-state index in [9.17, 15) is 9.90 Å². The minimum absolute atomic E-state index is 0.0967. The number of rotatable bonds is 7. The molecule has 0 aromatic heterocycles. The first-order valence-corrected chi connectivity index (χ1v) is 8.66. The zero-order valence-corrected chi connectivity index (χ0v) is 14.9. The maximum atomic E-state index is 10.9. The summed E-state index contributed by atoms with van der Waals surface area (Å²) in [6.07, 6.45) is -1.25. The zero-order valence-electron chi connectivity index (χ0n) is 14.2. The lowest BCUT2D eigenvalue weighted by molar-refractivity contribution is -0.154. The smallest absolute Gasteiger partial charge is 0.387 e. The largest absolute Gasteiger partial charge is 0.476 e. The van der Waals surface area contributed by atoms with E-state index in [1.54, 1.807) is 30.3 Å². The number of carboxylic acids is 1. The standard InChI is InChI=1S/C19H20ClNO5/c1-11(21-10-15(22)13-3-2-4-14(20)9-13)7-12-5-6-16-17(8-12)26-19(25-16)18(23)24/h2-6,8-9,11,15,19,21-22H,7,10H2,1H3,(H,23,24). The van der Waals surface area contributed by atoms with Crippen LogP contribution in [0.25, 0.3) is 0 Å². The minimum atomic E-state index is -1.29. The van der Waals surface area contributed by atoms with Crippen LogP contribution >= 0.6 is 11.6 Å². The van der Waals surface area contributed by atoms with E-state index in [1.807, 2.05) is 19.1 Å². The quantitative estimate of drug-likeness (QED) is 0.687. The lowest BCUT2D eigenvalue weighted by Gasteiger charge is -2.18. The number of aliphatic hydroxyl groups excluding tert-OH is 1. The molecule has 0 spiro atoms. The van der Waals surface area contributed by atoms with Gasteiger partial charge in [0.25, 0.3) is 0 Å². The molecule has 0 fully saturated rings. The molecule has 0 saturated heterocycles. The molecule has 0 amide bonds. The third kappa shape index (κ3) is 4.46. The highest BCUT2D eigenvalue weighted by molar-refractivity contribution is 6.30. The van der Waals surface area contributed by atoms with Crippen LogP contribution in [0.2, 0.25) is 5.02 Å². The van der Waals surface area contributed by atoms with Crippen LogP contribution in [-0.4, -0.2) is 35.1 Å². The van der Waals surface area contributed by atoms with Gasteiger partial charge >= 0.3 is 12.3 Å². The van der Waals surface area contributed by atoms with Crippen LogP contribution in [0.4, 0.5) is 0 Å². The van der Waals surface area contributed by atoms with Gasteiger partial charge in [-0.1, -0.05) is 29.8 Å². The summed E-state index contributed by atoms with van der Waals surface area (Å²) >= 11 is 5.94. The Labute approximate surface area is 156 Å². The minimum Gasteiger partial charge on any atom is -0.476 e. The highest BCUT2D eigenvalue weighted by atomic mass is 35.5. The molecule has 3 unspecified atom stereocenters. The molecule has 1 heterocycles. The van der Waals surface area contributed by atoms with Gasteiger partial charge in [0.15, 0.2) is 11.5 Å². The van der Waals surface area contributed by atoms with Gasteiger partial charge in [-0.25, -0.2) is 4.79 Å². The Hall–Kier alpha value is -2.28. The number of nitrogens with one attached hydrogen (secondary N) is 1. The number of fused-ring (bicyclic) bond motifs is 1. The fourth-order valence-corrected chi connectivity index (χ4v) is 2.99. The van der Waals surface area contributed by atoms with Crippen LogP contribution < -0.4 is 14.8 Å². The first-order valence-electron chi connectivity index (χ1n) is 8.28. The predicted molar refractivity (Wildman–Crippen MR) is 96.7 cm³/mol. The Morgan fingerprint density at radius 3 is 2.73 bits per heavy atom. The van der Waals surface area contributed by atoms with Crippen LogP contribution in [0.15, 0.2) is 42.5 Å². The van der Waals surface area contributed by atoms with E-state index in [2.05, 4.69) is 5.32 Å². The number of halogens is 1. The van der Waals surface area contributed by atoms with Crippen molar-refractivity contribution in [3.63, 3.8) is 0 Å². The van der Waals surface area contributed by atoms with Crippen molar-refractivity contribution in [3.05, 3.63) is 58.6 Å². The van der Waals surface area contributed by atoms with Gasteiger partial charge in [0.1, 0.15) is 0 Å². The second kappa shape index (κ2) is 7.95. The number of carbonyl (C=O) groups is 1. The molecule has 1 aliphatic heterocycles. The second-order valence-electron chi connectivity index (χ2n) is 6.27. The summed E-state index contributed by atoms with van der Waals surface area (Å²) in [6, 6.07) is 12.6. The van der Waals surface area contributed by atoms with Crippen molar-refractivity contribution in [3.8, 4) is 11.5 Å². The Bertz CT molecular complexity index is 797. The Kier molecular flexibility index (Phi) is 5.66. The van der Waals surface area contributed by atoms with Gasteiger partial charge in [0.2, 0.25) is 0 Å². The Morgan fingerprint density at radius 2 is 2.00 bits per heavy atom. The van der Waals surface area contributed by atoms with Crippen LogP contribution in [0.1, 0.15) is 24.2 Å². The number of ether oxygens (including phenoxy) is 2. The molecule has 0 radical (unpaired) electrons. The molecule has 2 aromatic rings. The van der Waals surface area contributed by atoms with Gasteiger partial charge in [-0.3, -0.25) is 0 Å². The zero-order chi connectivity index (χ0) is 18.7. The van der Waals surface area contributed by atoms with Gasteiger partial charge in [-0.05, 0) is 48.7 Å². The van der Waals surface area contributed by atoms with E-state index >= 15 is 0 Å². The van der Waals surface area contributed by atoms with Crippen molar-refractivity contribution in [2.24, 2.45) is 0 Å². The molecule has 3 rings (SSSR count). The van der Waals surface area contributed by atoms with Crippen LogP contribution in [-0.2, 0) is 11.2 Å². The van der Waals surface area contributed by atoms with Gasteiger partial charge < -0.3 is 25.0 Å². The molecule has 3 N–H and O–H groups in total. The summed E-state index contributed by atoms with van der Waals surface area (Å²) in [6.45, 7) is 2.41. The van der Waals surface area contributed by atoms with E-state index in [1.165, 1.54) is 0 Å². The number of benzene rings is 2. The Balaban J connectivity index is 1.53. The molecule has 26 heavy (non-hydrogen) atoms. The highest BCUT2D eigenvalue weighted by Gasteiger charge is 2.30. The molecule has 1 aliphatic rings. The van der Waals surface area contributed by atoms with Gasteiger partial charge in [-0.2, -0.15) is 0 Å². The van der Waals surface area contributed by atoms with Crippen molar-refractivity contribution in [1.29, 1.82) is 0 Å². The van der Waals surface area contributed by atoms with Crippen molar-refractivity contribution < 1.29 is 24.5 Å². The van der Waals surface area contributed by atoms with Crippen LogP contribution in [0, 0.1) is 0 Å². The molecule has 0 aliphatic carbocycles. The van der Waals surface area contributed by atoms with Crippen molar-refractivity contribution in [2.75, 3.05) is 6.54 Å². The third-order valence-corrected chi connectivity index (χ3v) is 4.35. The lowest BCUT2D eigenvalue weighted by Crippen LogP contribution is -2.32. The normalized spacial score (nSPS) is 17.7. The predicted octanol–water partition coefficient (Wildman–Crippen LogP) is 2.78. The molecular formula is C19H20ClNO5. The summed E-state index contributed by atoms with van der Waals surface area (Å²) in [5.74, 6) is -0.299. The fourth-order valence-electron chi connectivity index (χ4n) is 2.79. The highest BCUT2D eigenvalue weighted by Crippen LogP contribution is 2.35. The molecule has 138 valence electrons. The van der Waals surface area contributed by atoms with E-state index in [0.29, 0.717) is 29.5 Å². The second-order valence-corrected chi connectivity index (χ2v) is 6.71. The SMILES string of the molecule is CC(Cc1ccc2c(c1)OC(C(=O)O)O2)NCC(O)c1cccc(Cl)c1. The molecule has 2 aromatic carbocycles. The molecule has 3 atom stereocenters. The Morgan fingerprint density at radius 1 is 1.23 bits per heavy atom. The van der Waals surface area contributed by atoms with Crippen molar-refractivity contribution >= 4 is 17.6 Å². The van der Waals surface area contributed by atoms with E-state index < -0.39 is 18.4 Å².